The molecule has 1 aromatic heterocycles. The van der Waals surface area contributed by atoms with Gasteiger partial charge in [0.1, 0.15) is 12.4 Å². The Morgan fingerprint density at radius 3 is 2.76 bits per heavy atom. The lowest BCUT2D eigenvalue weighted by Crippen LogP contribution is -2.66. The summed E-state index contributed by atoms with van der Waals surface area (Å²) in [5.41, 5.74) is 2.34. The second-order valence-corrected chi connectivity index (χ2v) is 10.8. The van der Waals surface area contributed by atoms with Crippen molar-refractivity contribution in [2.75, 3.05) is 0 Å². The van der Waals surface area contributed by atoms with Gasteiger partial charge in [0.05, 0.1) is 11.2 Å². The van der Waals surface area contributed by atoms with Crippen molar-refractivity contribution in [3.05, 3.63) is 83.2 Å². The molecule has 0 aliphatic heterocycles. The topological polar surface area (TPSA) is 62.6 Å². The van der Waals surface area contributed by atoms with Crippen LogP contribution < -0.4 is 4.74 Å². The monoisotopic (exact) mass is 459 g/mol. The predicted molar refractivity (Wildman–Crippen MR) is 135 cm³/mol. The van der Waals surface area contributed by atoms with Gasteiger partial charge in [0, 0.05) is 28.8 Å². The molecule has 0 radical (unpaired) electrons. The Morgan fingerprint density at radius 1 is 1.18 bits per heavy atom. The third kappa shape index (κ3) is 3.72. The first-order chi connectivity index (χ1) is 16.3. The Kier molecular flexibility index (Phi) is 5.94. The number of rotatable bonds is 5. The lowest BCUT2D eigenvalue weighted by molar-refractivity contribution is -0.216. The average molecular weight is 460 g/mol. The SMILES string of the molecule is CC[C@@]12C[C@@](C)(O)[C@](O)(C3C=CC=CC3)C[C@H]1CCc1cc(OCc3cccnc3C)ccc12. The molecule has 5 rings (SSSR count). The van der Waals surface area contributed by atoms with Crippen molar-refractivity contribution in [3.63, 3.8) is 0 Å². The Morgan fingerprint density at radius 2 is 2.03 bits per heavy atom. The Balaban J connectivity index is 1.43. The summed E-state index contributed by atoms with van der Waals surface area (Å²) in [5.74, 6) is 1.18. The molecule has 0 spiro atoms. The van der Waals surface area contributed by atoms with E-state index in [0.29, 0.717) is 25.4 Å². The van der Waals surface area contributed by atoms with Gasteiger partial charge in [-0.1, -0.05) is 43.4 Å². The molecule has 0 bridgehead atoms. The van der Waals surface area contributed by atoms with Gasteiger partial charge in [0.25, 0.3) is 0 Å². The van der Waals surface area contributed by atoms with E-state index >= 15 is 0 Å². The number of fused-ring (bicyclic) bond motifs is 3. The number of hydrogen-bond donors (Lipinski definition) is 2. The van der Waals surface area contributed by atoms with Gasteiger partial charge in [-0.2, -0.15) is 0 Å². The molecule has 0 saturated heterocycles. The zero-order valence-corrected chi connectivity index (χ0v) is 20.6. The molecule has 2 N–H and O–H groups in total. The third-order valence-corrected chi connectivity index (χ3v) is 9.04. The second-order valence-electron chi connectivity index (χ2n) is 10.8. The van der Waals surface area contributed by atoms with Crippen LogP contribution in [0.5, 0.6) is 5.75 Å². The summed E-state index contributed by atoms with van der Waals surface area (Å²) < 4.78 is 6.15. The zero-order valence-electron chi connectivity index (χ0n) is 20.6. The minimum absolute atomic E-state index is 0.0459. The number of benzene rings is 1. The van der Waals surface area contributed by atoms with Crippen molar-refractivity contribution >= 4 is 0 Å². The molecule has 3 aliphatic rings. The van der Waals surface area contributed by atoms with Gasteiger partial charge in [0.15, 0.2) is 0 Å². The van der Waals surface area contributed by atoms with E-state index < -0.39 is 11.2 Å². The summed E-state index contributed by atoms with van der Waals surface area (Å²) in [6.07, 6.45) is 15.0. The van der Waals surface area contributed by atoms with E-state index in [0.717, 1.165) is 42.7 Å². The number of pyridine rings is 1. The maximum Gasteiger partial charge on any atom is 0.120 e. The van der Waals surface area contributed by atoms with Crippen LogP contribution >= 0.6 is 0 Å². The maximum absolute atomic E-state index is 11.9. The van der Waals surface area contributed by atoms with Crippen LogP contribution in [0.15, 0.2) is 60.8 Å². The molecular weight excluding hydrogens is 422 g/mol. The van der Waals surface area contributed by atoms with Gasteiger partial charge in [-0.25, -0.2) is 0 Å². The number of aliphatic hydroxyl groups is 2. The van der Waals surface area contributed by atoms with Crippen molar-refractivity contribution in [2.24, 2.45) is 11.8 Å². The molecule has 1 aromatic carbocycles. The Bertz CT molecular complexity index is 1120. The third-order valence-electron chi connectivity index (χ3n) is 9.04. The van der Waals surface area contributed by atoms with Crippen LogP contribution in [0.3, 0.4) is 0 Å². The highest BCUT2D eigenvalue weighted by molar-refractivity contribution is 5.45. The van der Waals surface area contributed by atoms with Crippen LogP contribution in [0, 0.1) is 18.8 Å². The predicted octanol–water partition coefficient (Wildman–Crippen LogP) is 5.59. The molecule has 0 amide bonds. The first kappa shape index (κ1) is 23.3. The van der Waals surface area contributed by atoms with Gasteiger partial charge in [-0.3, -0.25) is 4.98 Å². The van der Waals surface area contributed by atoms with E-state index in [4.69, 9.17) is 4.74 Å². The molecule has 4 heteroatoms. The van der Waals surface area contributed by atoms with Crippen molar-refractivity contribution < 1.29 is 14.9 Å². The summed E-state index contributed by atoms with van der Waals surface area (Å²) in [6, 6.07) is 10.5. The van der Waals surface area contributed by atoms with Gasteiger partial charge >= 0.3 is 0 Å². The van der Waals surface area contributed by atoms with Gasteiger partial charge in [-0.05, 0) is 87.6 Å². The van der Waals surface area contributed by atoms with Crippen LogP contribution in [0.4, 0.5) is 0 Å². The van der Waals surface area contributed by atoms with E-state index in [9.17, 15) is 10.2 Å². The van der Waals surface area contributed by atoms with E-state index in [-0.39, 0.29) is 11.3 Å². The molecule has 3 aliphatic carbocycles. The van der Waals surface area contributed by atoms with Crippen LogP contribution in [0.25, 0.3) is 0 Å². The molecule has 1 saturated carbocycles. The highest BCUT2D eigenvalue weighted by atomic mass is 16.5. The van der Waals surface area contributed by atoms with Gasteiger partial charge < -0.3 is 14.9 Å². The Hall–Kier alpha value is -2.43. The minimum Gasteiger partial charge on any atom is -0.489 e. The molecule has 1 heterocycles. The summed E-state index contributed by atoms with van der Waals surface area (Å²) >= 11 is 0. The van der Waals surface area contributed by atoms with Gasteiger partial charge in [0.2, 0.25) is 0 Å². The van der Waals surface area contributed by atoms with Crippen molar-refractivity contribution in [2.45, 2.75) is 82.5 Å². The van der Waals surface area contributed by atoms with Crippen molar-refractivity contribution in [1.29, 1.82) is 0 Å². The first-order valence-corrected chi connectivity index (χ1v) is 12.7. The van der Waals surface area contributed by atoms with Crippen LogP contribution in [-0.2, 0) is 18.4 Å². The molecule has 34 heavy (non-hydrogen) atoms. The summed E-state index contributed by atoms with van der Waals surface area (Å²) in [4.78, 5) is 4.35. The lowest BCUT2D eigenvalue weighted by atomic mass is 9.47. The molecule has 2 aromatic rings. The molecule has 5 atom stereocenters. The van der Waals surface area contributed by atoms with Crippen molar-refractivity contribution in [1.82, 2.24) is 4.98 Å². The standard InChI is InChI=1S/C30H37NO3/c1-4-29-20-28(3,32)30(33,24-10-6-5-7-11-24)18-25(29)13-12-22-17-26(14-15-27(22)29)34-19-23-9-8-16-31-21(23)2/h5-10,14-17,24-25,32-33H,4,11-13,18-20H2,1-3H3/t24?,25-,28-,29-,30-/m1/s1. The fraction of sp³-hybridized carbons (Fsp3) is 0.500. The molecule has 180 valence electrons. The van der Waals surface area contributed by atoms with Crippen LogP contribution in [-0.4, -0.2) is 26.4 Å². The fourth-order valence-electron chi connectivity index (χ4n) is 7.00. The number of aromatic nitrogens is 1. The first-order valence-electron chi connectivity index (χ1n) is 12.7. The van der Waals surface area contributed by atoms with Crippen LogP contribution in [0.2, 0.25) is 0 Å². The quantitative estimate of drug-likeness (QED) is 0.612. The molecule has 1 unspecified atom stereocenters. The summed E-state index contributed by atoms with van der Waals surface area (Å²) in [5, 5.41) is 23.7. The lowest BCUT2D eigenvalue weighted by Gasteiger charge is -2.60. The molecular formula is C30H37NO3. The molecule has 1 fully saturated rings. The van der Waals surface area contributed by atoms with Crippen LogP contribution in [0.1, 0.15) is 68.3 Å². The highest BCUT2D eigenvalue weighted by Crippen LogP contribution is 2.59. The van der Waals surface area contributed by atoms with Gasteiger partial charge in [-0.15, -0.1) is 0 Å². The smallest absolute Gasteiger partial charge is 0.120 e. The minimum atomic E-state index is -1.17. The van der Waals surface area contributed by atoms with E-state index in [1.807, 2.05) is 32.1 Å². The number of aryl methyl sites for hydroxylation is 2. The number of ether oxygens (including phenoxy) is 1. The summed E-state index contributed by atoms with van der Waals surface area (Å²) in [7, 11) is 0. The van der Waals surface area contributed by atoms with E-state index in [1.54, 1.807) is 6.20 Å². The highest BCUT2D eigenvalue weighted by Gasteiger charge is 2.62. The second kappa shape index (κ2) is 8.66. The Labute approximate surface area is 203 Å². The number of allylic oxidation sites excluding steroid dienone is 3. The van der Waals surface area contributed by atoms with E-state index in [2.05, 4.69) is 48.3 Å². The molecule has 4 nitrogen and oxygen atoms in total. The zero-order chi connectivity index (χ0) is 24.0. The fourth-order valence-corrected chi connectivity index (χ4v) is 7.00. The average Bonchev–Trinajstić information content (AvgIpc) is 2.84. The summed E-state index contributed by atoms with van der Waals surface area (Å²) in [6.45, 7) is 6.60. The number of nitrogens with zero attached hydrogens (tertiary/aromatic N) is 1. The maximum atomic E-state index is 11.9. The van der Waals surface area contributed by atoms with E-state index in [1.165, 1.54) is 11.1 Å². The largest absolute Gasteiger partial charge is 0.489 e. The normalized spacial score (nSPS) is 34.4. The van der Waals surface area contributed by atoms with Crippen molar-refractivity contribution in [3.8, 4) is 5.75 Å². The number of hydrogen-bond acceptors (Lipinski definition) is 4.